The normalized spacial score (nSPS) is 28.1. The van der Waals surface area contributed by atoms with Crippen molar-refractivity contribution in [2.75, 3.05) is 6.54 Å². The number of nitrogens with one attached hydrogen (secondary N) is 1. The Balaban J connectivity index is 2.46. The highest BCUT2D eigenvalue weighted by molar-refractivity contribution is 5.40. The molecular formula is C14H20FN. The number of benzene rings is 1. The van der Waals surface area contributed by atoms with Crippen LogP contribution in [0.5, 0.6) is 0 Å². The molecule has 3 atom stereocenters. The van der Waals surface area contributed by atoms with Gasteiger partial charge in [0, 0.05) is 6.04 Å². The minimum absolute atomic E-state index is 0.0309. The van der Waals surface area contributed by atoms with Gasteiger partial charge in [-0.15, -0.1) is 0 Å². The summed E-state index contributed by atoms with van der Waals surface area (Å²) in [7, 11) is 0. The molecule has 1 aliphatic rings. The van der Waals surface area contributed by atoms with Gasteiger partial charge < -0.3 is 5.32 Å². The summed E-state index contributed by atoms with van der Waals surface area (Å²) in [6, 6.07) is 5.80. The molecular weight excluding hydrogens is 201 g/mol. The average molecular weight is 221 g/mol. The summed E-state index contributed by atoms with van der Waals surface area (Å²) in [5.74, 6) is 0.814. The van der Waals surface area contributed by atoms with Gasteiger partial charge in [-0.05, 0) is 42.0 Å². The fourth-order valence-corrected chi connectivity index (χ4v) is 3.09. The largest absolute Gasteiger partial charge is 0.310 e. The minimum atomic E-state index is -0.0309. The highest BCUT2D eigenvalue weighted by atomic mass is 19.1. The van der Waals surface area contributed by atoms with Crippen LogP contribution in [-0.4, -0.2) is 6.54 Å². The number of rotatable bonds is 3. The van der Waals surface area contributed by atoms with Gasteiger partial charge in [0.2, 0.25) is 0 Å². The van der Waals surface area contributed by atoms with Gasteiger partial charge in [-0.2, -0.15) is 0 Å². The van der Waals surface area contributed by atoms with Crippen LogP contribution < -0.4 is 5.32 Å². The molecule has 0 radical (unpaired) electrons. The molecule has 16 heavy (non-hydrogen) atoms. The summed E-state index contributed by atoms with van der Waals surface area (Å²) in [5.41, 5.74) is 2.12. The summed E-state index contributed by atoms with van der Waals surface area (Å²) >= 11 is 0. The first-order valence-corrected chi connectivity index (χ1v) is 6.22. The molecule has 1 aromatic carbocycles. The summed E-state index contributed by atoms with van der Waals surface area (Å²) in [6.45, 7) is 7.40. The molecule has 0 fully saturated rings. The predicted molar refractivity (Wildman–Crippen MR) is 65.0 cm³/mol. The van der Waals surface area contributed by atoms with Crippen molar-refractivity contribution < 1.29 is 4.39 Å². The predicted octanol–water partition coefficient (Wildman–Crippen LogP) is 3.62. The lowest BCUT2D eigenvalue weighted by Crippen LogP contribution is -2.24. The minimum Gasteiger partial charge on any atom is -0.310 e. The first kappa shape index (κ1) is 11.6. The zero-order valence-electron chi connectivity index (χ0n) is 10.3. The zero-order chi connectivity index (χ0) is 11.7. The van der Waals surface area contributed by atoms with Crippen LogP contribution in [0.4, 0.5) is 4.39 Å². The number of hydrogen-bond acceptors (Lipinski definition) is 1. The van der Waals surface area contributed by atoms with Crippen LogP contribution >= 0.6 is 0 Å². The molecule has 0 saturated carbocycles. The molecule has 0 amide bonds. The molecule has 0 spiro atoms. The Hall–Kier alpha value is -0.890. The lowest BCUT2D eigenvalue weighted by molar-refractivity contribution is 0.365. The van der Waals surface area contributed by atoms with Gasteiger partial charge in [0.25, 0.3) is 0 Å². The van der Waals surface area contributed by atoms with Crippen molar-refractivity contribution >= 4 is 0 Å². The lowest BCUT2D eigenvalue weighted by Gasteiger charge is -2.21. The lowest BCUT2D eigenvalue weighted by atomic mass is 9.90. The van der Waals surface area contributed by atoms with Gasteiger partial charge in [-0.3, -0.25) is 0 Å². The monoisotopic (exact) mass is 221 g/mol. The van der Waals surface area contributed by atoms with E-state index in [1.54, 1.807) is 6.07 Å². The Labute approximate surface area is 97.1 Å². The van der Waals surface area contributed by atoms with Gasteiger partial charge in [0.05, 0.1) is 0 Å². The fourth-order valence-electron chi connectivity index (χ4n) is 3.09. The Morgan fingerprint density at radius 3 is 2.69 bits per heavy atom. The number of halogens is 1. The van der Waals surface area contributed by atoms with Crippen molar-refractivity contribution in [1.29, 1.82) is 0 Å². The molecule has 1 aliphatic carbocycles. The average Bonchev–Trinajstić information content (AvgIpc) is 2.54. The second kappa shape index (κ2) is 4.54. The standard InChI is InChI=1S/C14H20FN/c1-4-10-9(3)14(16-5-2)11-7-6-8-12(15)13(10)11/h6-10,14,16H,4-5H2,1-3H3. The molecule has 0 saturated heterocycles. The van der Waals surface area contributed by atoms with Crippen molar-refractivity contribution in [3.63, 3.8) is 0 Å². The van der Waals surface area contributed by atoms with E-state index in [0.29, 0.717) is 17.9 Å². The van der Waals surface area contributed by atoms with Crippen LogP contribution in [0.25, 0.3) is 0 Å². The first-order valence-electron chi connectivity index (χ1n) is 6.22. The fraction of sp³-hybridized carbons (Fsp3) is 0.571. The van der Waals surface area contributed by atoms with Crippen molar-refractivity contribution in [3.8, 4) is 0 Å². The highest BCUT2D eigenvalue weighted by Crippen LogP contribution is 2.47. The Morgan fingerprint density at radius 2 is 2.06 bits per heavy atom. The topological polar surface area (TPSA) is 12.0 Å². The third kappa shape index (κ3) is 1.65. The third-order valence-corrected chi connectivity index (χ3v) is 3.82. The summed E-state index contributed by atoms with van der Waals surface area (Å²) in [6.07, 6.45) is 1.01. The van der Waals surface area contributed by atoms with Gasteiger partial charge in [0.1, 0.15) is 5.82 Å². The Bertz CT molecular complexity index is 375. The molecule has 1 nitrogen and oxygen atoms in total. The molecule has 0 aliphatic heterocycles. The van der Waals surface area contributed by atoms with E-state index in [2.05, 4.69) is 32.2 Å². The second-order valence-electron chi connectivity index (χ2n) is 4.65. The van der Waals surface area contributed by atoms with E-state index in [1.807, 2.05) is 6.07 Å². The molecule has 88 valence electrons. The highest BCUT2D eigenvalue weighted by Gasteiger charge is 2.37. The molecule has 2 rings (SSSR count). The summed E-state index contributed by atoms with van der Waals surface area (Å²) < 4.78 is 13.9. The summed E-state index contributed by atoms with van der Waals surface area (Å²) in [5, 5.41) is 3.48. The van der Waals surface area contributed by atoms with Crippen LogP contribution in [0.1, 0.15) is 50.3 Å². The molecule has 0 aromatic heterocycles. The van der Waals surface area contributed by atoms with Crippen LogP contribution in [0.15, 0.2) is 18.2 Å². The van der Waals surface area contributed by atoms with E-state index < -0.39 is 0 Å². The van der Waals surface area contributed by atoms with E-state index >= 15 is 0 Å². The van der Waals surface area contributed by atoms with Gasteiger partial charge >= 0.3 is 0 Å². The number of hydrogen-bond donors (Lipinski definition) is 1. The van der Waals surface area contributed by atoms with Gasteiger partial charge in [0.15, 0.2) is 0 Å². The van der Waals surface area contributed by atoms with Crippen molar-refractivity contribution in [2.45, 2.75) is 39.2 Å². The smallest absolute Gasteiger partial charge is 0.127 e. The zero-order valence-corrected chi connectivity index (χ0v) is 10.3. The van der Waals surface area contributed by atoms with Gasteiger partial charge in [-0.25, -0.2) is 4.39 Å². The molecule has 0 heterocycles. The van der Waals surface area contributed by atoms with E-state index in [1.165, 1.54) is 5.56 Å². The molecule has 0 bridgehead atoms. The molecule has 1 aromatic rings. The quantitative estimate of drug-likeness (QED) is 0.822. The van der Waals surface area contributed by atoms with Crippen molar-refractivity contribution in [1.82, 2.24) is 5.32 Å². The van der Waals surface area contributed by atoms with Crippen LogP contribution in [0.3, 0.4) is 0 Å². The molecule has 3 unspecified atom stereocenters. The maximum absolute atomic E-state index is 13.9. The van der Waals surface area contributed by atoms with E-state index in [0.717, 1.165) is 18.5 Å². The second-order valence-corrected chi connectivity index (χ2v) is 4.65. The van der Waals surface area contributed by atoms with E-state index in [9.17, 15) is 4.39 Å². The molecule has 2 heteroatoms. The van der Waals surface area contributed by atoms with Crippen molar-refractivity contribution in [2.24, 2.45) is 5.92 Å². The maximum Gasteiger partial charge on any atom is 0.127 e. The SMILES string of the molecule is CCNC1c2cccc(F)c2C(CC)C1C. The van der Waals surface area contributed by atoms with Crippen LogP contribution in [-0.2, 0) is 0 Å². The Kier molecular flexibility index (Phi) is 3.29. The Morgan fingerprint density at radius 1 is 1.31 bits per heavy atom. The van der Waals surface area contributed by atoms with E-state index in [-0.39, 0.29) is 5.82 Å². The van der Waals surface area contributed by atoms with Crippen LogP contribution in [0.2, 0.25) is 0 Å². The third-order valence-electron chi connectivity index (χ3n) is 3.82. The first-order chi connectivity index (χ1) is 7.70. The molecule has 1 N–H and O–H groups in total. The maximum atomic E-state index is 13.9. The van der Waals surface area contributed by atoms with Crippen molar-refractivity contribution in [3.05, 3.63) is 35.1 Å². The number of fused-ring (bicyclic) bond motifs is 1. The van der Waals surface area contributed by atoms with Crippen LogP contribution in [0, 0.1) is 11.7 Å². The van der Waals surface area contributed by atoms with E-state index in [4.69, 9.17) is 0 Å². The van der Waals surface area contributed by atoms with Gasteiger partial charge in [-0.1, -0.05) is 32.9 Å². The summed E-state index contributed by atoms with van der Waals surface area (Å²) in [4.78, 5) is 0.